The molecule has 1 rings (SSSR count). The molecule has 0 saturated heterocycles. The second kappa shape index (κ2) is 4.52. The second-order valence-corrected chi connectivity index (χ2v) is 2.87. The highest BCUT2D eigenvalue weighted by atomic mass is 35.5. The van der Waals surface area contributed by atoms with E-state index in [4.69, 9.17) is 21.4 Å². The number of halogens is 3. The van der Waals surface area contributed by atoms with Crippen molar-refractivity contribution < 1.29 is 18.6 Å². The van der Waals surface area contributed by atoms with E-state index in [0.29, 0.717) is 0 Å². The Kier molecular flexibility index (Phi) is 3.60. The van der Waals surface area contributed by atoms with Crippen molar-refractivity contribution in [2.75, 3.05) is 7.11 Å². The average Bonchev–Trinajstić information content (AvgIpc) is 2.17. The fourth-order valence-electron chi connectivity index (χ4n) is 0.940. The zero-order valence-electron chi connectivity index (χ0n) is 7.30. The van der Waals surface area contributed by atoms with E-state index in [2.05, 4.69) is 4.98 Å². The molecule has 0 radical (unpaired) electrons. The molecule has 0 atom stereocenters. The molecular weight excluding hydrogens is 216 g/mol. The molecule has 0 aromatic carbocycles. The summed E-state index contributed by atoms with van der Waals surface area (Å²) in [5.41, 5.74) is -0.288. The SMILES string of the molecule is COc1nc(C(F)F)cc(CO)c1Cl. The summed E-state index contributed by atoms with van der Waals surface area (Å²) in [5.74, 6) is -0.103. The van der Waals surface area contributed by atoms with Crippen LogP contribution in [0.1, 0.15) is 17.7 Å². The number of rotatable bonds is 3. The van der Waals surface area contributed by atoms with Crippen LogP contribution in [-0.2, 0) is 6.61 Å². The fourth-order valence-corrected chi connectivity index (χ4v) is 1.17. The zero-order valence-corrected chi connectivity index (χ0v) is 8.05. The second-order valence-electron chi connectivity index (χ2n) is 2.49. The van der Waals surface area contributed by atoms with Crippen molar-refractivity contribution in [2.24, 2.45) is 0 Å². The van der Waals surface area contributed by atoms with Gasteiger partial charge in [-0.15, -0.1) is 0 Å². The van der Waals surface area contributed by atoms with Gasteiger partial charge in [-0.3, -0.25) is 0 Å². The van der Waals surface area contributed by atoms with Gasteiger partial charge in [0.1, 0.15) is 10.7 Å². The molecule has 0 saturated carbocycles. The molecule has 0 unspecified atom stereocenters. The van der Waals surface area contributed by atoms with E-state index in [1.807, 2.05) is 0 Å². The number of hydrogen-bond acceptors (Lipinski definition) is 3. The average molecular weight is 224 g/mol. The zero-order chi connectivity index (χ0) is 10.7. The first kappa shape index (κ1) is 11.1. The third kappa shape index (κ3) is 2.10. The molecule has 0 fully saturated rings. The molecule has 1 heterocycles. The van der Waals surface area contributed by atoms with E-state index in [1.165, 1.54) is 7.11 Å². The van der Waals surface area contributed by atoms with Crippen LogP contribution >= 0.6 is 11.6 Å². The topological polar surface area (TPSA) is 42.4 Å². The number of nitrogens with zero attached hydrogens (tertiary/aromatic N) is 1. The van der Waals surface area contributed by atoms with Crippen molar-refractivity contribution in [3.8, 4) is 5.88 Å². The van der Waals surface area contributed by atoms with Crippen LogP contribution in [0.3, 0.4) is 0 Å². The standard InChI is InChI=1S/C8H8ClF2NO2/c1-14-8-6(9)4(3-13)2-5(12-8)7(10)11/h2,7,13H,3H2,1H3. The van der Waals surface area contributed by atoms with Gasteiger partial charge in [0.2, 0.25) is 5.88 Å². The van der Waals surface area contributed by atoms with E-state index in [-0.39, 0.29) is 16.5 Å². The highest BCUT2D eigenvalue weighted by molar-refractivity contribution is 6.32. The van der Waals surface area contributed by atoms with Crippen LogP contribution < -0.4 is 4.74 Å². The fraction of sp³-hybridized carbons (Fsp3) is 0.375. The Morgan fingerprint density at radius 3 is 2.71 bits per heavy atom. The molecule has 1 aromatic heterocycles. The first-order chi connectivity index (χ1) is 6.60. The minimum Gasteiger partial charge on any atom is -0.480 e. The maximum absolute atomic E-state index is 12.3. The number of aromatic nitrogens is 1. The molecule has 78 valence electrons. The van der Waals surface area contributed by atoms with Crippen molar-refractivity contribution in [1.82, 2.24) is 4.98 Å². The van der Waals surface area contributed by atoms with Crippen LogP contribution in [0, 0.1) is 0 Å². The van der Waals surface area contributed by atoms with Gasteiger partial charge in [0.05, 0.1) is 13.7 Å². The lowest BCUT2D eigenvalue weighted by Crippen LogP contribution is -1.99. The summed E-state index contributed by atoms with van der Waals surface area (Å²) in [7, 11) is 1.27. The van der Waals surface area contributed by atoms with Crippen LogP contribution in [0.4, 0.5) is 8.78 Å². The van der Waals surface area contributed by atoms with Gasteiger partial charge >= 0.3 is 0 Å². The Labute approximate surface area is 84.3 Å². The summed E-state index contributed by atoms with van der Waals surface area (Å²) in [6.07, 6.45) is -2.72. The Morgan fingerprint density at radius 1 is 1.64 bits per heavy atom. The number of alkyl halides is 2. The van der Waals surface area contributed by atoms with E-state index in [0.717, 1.165) is 6.07 Å². The minimum atomic E-state index is -2.72. The van der Waals surface area contributed by atoms with Crippen LogP contribution in [0.15, 0.2) is 6.07 Å². The van der Waals surface area contributed by atoms with Crippen molar-refractivity contribution in [2.45, 2.75) is 13.0 Å². The van der Waals surface area contributed by atoms with Gasteiger partial charge in [0.15, 0.2) is 0 Å². The van der Waals surface area contributed by atoms with Gasteiger partial charge in [0.25, 0.3) is 6.43 Å². The lowest BCUT2D eigenvalue weighted by molar-refractivity contribution is 0.144. The van der Waals surface area contributed by atoms with E-state index in [1.54, 1.807) is 0 Å². The molecule has 0 aliphatic rings. The maximum Gasteiger partial charge on any atom is 0.280 e. The lowest BCUT2D eigenvalue weighted by atomic mass is 10.2. The summed E-state index contributed by atoms with van der Waals surface area (Å²) in [6.45, 7) is -0.433. The smallest absolute Gasteiger partial charge is 0.280 e. The predicted octanol–water partition coefficient (Wildman–Crippen LogP) is 2.17. The third-order valence-electron chi connectivity index (χ3n) is 1.61. The Hall–Kier alpha value is -0.940. The van der Waals surface area contributed by atoms with Crippen LogP contribution in [-0.4, -0.2) is 17.2 Å². The Balaban J connectivity index is 3.25. The van der Waals surface area contributed by atoms with Gasteiger partial charge in [-0.2, -0.15) is 0 Å². The normalized spacial score (nSPS) is 10.7. The van der Waals surface area contributed by atoms with Crippen molar-refractivity contribution >= 4 is 11.6 Å². The molecule has 6 heteroatoms. The summed E-state index contributed by atoms with van der Waals surface area (Å²) in [5, 5.41) is 8.89. The molecule has 0 amide bonds. The maximum atomic E-state index is 12.3. The first-order valence-electron chi connectivity index (χ1n) is 3.72. The van der Waals surface area contributed by atoms with E-state index >= 15 is 0 Å². The molecular formula is C8H8ClF2NO2. The monoisotopic (exact) mass is 223 g/mol. The predicted molar refractivity (Wildman–Crippen MR) is 46.7 cm³/mol. The van der Waals surface area contributed by atoms with Crippen LogP contribution in [0.2, 0.25) is 5.02 Å². The summed E-state index contributed by atoms with van der Waals surface area (Å²) in [4.78, 5) is 3.48. The number of aliphatic hydroxyl groups is 1. The molecule has 1 aromatic rings. The van der Waals surface area contributed by atoms with E-state index in [9.17, 15) is 8.78 Å². The van der Waals surface area contributed by atoms with Crippen molar-refractivity contribution in [3.05, 3.63) is 22.3 Å². The Morgan fingerprint density at radius 2 is 2.29 bits per heavy atom. The summed E-state index contributed by atoms with van der Waals surface area (Å²) >= 11 is 5.69. The van der Waals surface area contributed by atoms with Gasteiger partial charge in [-0.25, -0.2) is 13.8 Å². The molecule has 3 nitrogen and oxygen atoms in total. The molecule has 0 aliphatic heterocycles. The molecule has 0 aliphatic carbocycles. The number of aliphatic hydroxyl groups excluding tert-OH is 1. The summed E-state index contributed by atoms with van der Waals surface area (Å²) in [6, 6.07) is 1.05. The highest BCUT2D eigenvalue weighted by Crippen LogP contribution is 2.30. The van der Waals surface area contributed by atoms with Gasteiger partial charge in [-0.05, 0) is 6.07 Å². The summed E-state index contributed by atoms with van der Waals surface area (Å²) < 4.78 is 29.3. The molecule has 1 N–H and O–H groups in total. The number of pyridine rings is 1. The molecule has 0 bridgehead atoms. The molecule has 0 spiro atoms. The largest absolute Gasteiger partial charge is 0.480 e. The lowest BCUT2D eigenvalue weighted by Gasteiger charge is -2.08. The van der Waals surface area contributed by atoms with Crippen LogP contribution in [0.25, 0.3) is 0 Å². The van der Waals surface area contributed by atoms with E-state index < -0.39 is 18.7 Å². The van der Waals surface area contributed by atoms with Gasteiger partial charge < -0.3 is 9.84 Å². The Bertz CT molecular complexity index is 308. The quantitative estimate of drug-likeness (QED) is 0.854. The third-order valence-corrected chi connectivity index (χ3v) is 2.01. The van der Waals surface area contributed by atoms with Gasteiger partial charge in [0, 0.05) is 5.56 Å². The number of methoxy groups -OCH3 is 1. The van der Waals surface area contributed by atoms with Crippen LogP contribution in [0.5, 0.6) is 5.88 Å². The molecule has 14 heavy (non-hydrogen) atoms. The van der Waals surface area contributed by atoms with Crippen molar-refractivity contribution in [1.29, 1.82) is 0 Å². The minimum absolute atomic E-state index is 0.0550. The van der Waals surface area contributed by atoms with Crippen molar-refractivity contribution in [3.63, 3.8) is 0 Å². The highest BCUT2D eigenvalue weighted by Gasteiger charge is 2.16. The number of hydrogen-bond donors (Lipinski definition) is 1. The first-order valence-corrected chi connectivity index (χ1v) is 4.10. The number of ether oxygens (including phenoxy) is 1. The van der Waals surface area contributed by atoms with Gasteiger partial charge in [-0.1, -0.05) is 11.6 Å².